The summed E-state index contributed by atoms with van der Waals surface area (Å²) in [6.45, 7) is 5.45. The molecule has 4 rings (SSSR count). The molecule has 0 amide bonds. The van der Waals surface area contributed by atoms with Crippen LogP contribution in [0, 0.1) is 11.3 Å². The third-order valence-electron chi connectivity index (χ3n) is 8.72. The lowest BCUT2D eigenvalue weighted by atomic mass is 10.1. The van der Waals surface area contributed by atoms with Crippen LogP contribution in [0.25, 0.3) is 0 Å². The maximum absolute atomic E-state index is 13.4. The molecule has 0 bridgehead atoms. The number of esters is 3. The maximum Gasteiger partial charge on any atom is 0.343 e. The van der Waals surface area contributed by atoms with Gasteiger partial charge in [0.1, 0.15) is 35.2 Å². The minimum Gasteiger partial charge on any atom is -0.494 e. The summed E-state index contributed by atoms with van der Waals surface area (Å²) in [6, 6.07) is 26.1. The zero-order valence-electron chi connectivity index (χ0n) is 31.5. The topological polar surface area (TPSA) is 121 Å². The average Bonchev–Trinajstić information content (AvgIpc) is 3.20. The highest BCUT2D eigenvalue weighted by Crippen LogP contribution is 2.28. The minimum atomic E-state index is -0.816. The van der Waals surface area contributed by atoms with E-state index in [4.69, 9.17) is 23.7 Å². The first-order chi connectivity index (χ1) is 26.4. The Morgan fingerprint density at radius 2 is 1.07 bits per heavy atom. The fraction of sp³-hybridized carbons (Fsp3) is 0.378. The lowest BCUT2D eigenvalue weighted by Crippen LogP contribution is -2.14. The molecule has 0 heterocycles. The second-order valence-corrected chi connectivity index (χ2v) is 13.1. The number of carbonyl (C=O) groups excluding carboxylic acids is 3. The van der Waals surface area contributed by atoms with Crippen LogP contribution < -0.4 is 18.9 Å². The van der Waals surface area contributed by atoms with E-state index in [1.165, 1.54) is 69.6 Å². The molecule has 4 aromatic carbocycles. The summed E-state index contributed by atoms with van der Waals surface area (Å²) in [7, 11) is 0. The van der Waals surface area contributed by atoms with Crippen LogP contribution in [0.4, 0.5) is 0 Å². The van der Waals surface area contributed by atoms with Gasteiger partial charge in [0.05, 0.1) is 36.0 Å². The van der Waals surface area contributed by atoms with E-state index < -0.39 is 17.9 Å². The number of hydrogen-bond acceptors (Lipinski definition) is 9. The number of ether oxygens (including phenoxy) is 5. The lowest BCUT2D eigenvalue weighted by Gasteiger charge is -2.13. The van der Waals surface area contributed by atoms with Crippen molar-refractivity contribution in [1.82, 2.24) is 0 Å². The fourth-order valence-electron chi connectivity index (χ4n) is 5.62. The van der Waals surface area contributed by atoms with Crippen LogP contribution in [0.5, 0.6) is 23.0 Å². The van der Waals surface area contributed by atoms with E-state index >= 15 is 0 Å². The van der Waals surface area contributed by atoms with Gasteiger partial charge in [0.15, 0.2) is 0 Å². The lowest BCUT2D eigenvalue weighted by molar-refractivity contribution is 0.0465. The van der Waals surface area contributed by atoms with Crippen molar-refractivity contribution >= 4 is 17.9 Å². The molecule has 9 heteroatoms. The number of nitriles is 1. The number of benzene rings is 4. The Hall–Kier alpha value is -5.62. The Morgan fingerprint density at radius 1 is 0.556 bits per heavy atom. The zero-order valence-corrected chi connectivity index (χ0v) is 31.5. The van der Waals surface area contributed by atoms with Gasteiger partial charge in [-0.2, -0.15) is 5.26 Å². The van der Waals surface area contributed by atoms with Gasteiger partial charge in [0.25, 0.3) is 0 Å². The van der Waals surface area contributed by atoms with E-state index in [0.717, 1.165) is 25.7 Å². The summed E-state index contributed by atoms with van der Waals surface area (Å²) < 4.78 is 28.5. The molecular formula is C45H51NO8. The molecule has 0 aliphatic heterocycles. The van der Waals surface area contributed by atoms with E-state index in [2.05, 4.69) is 19.9 Å². The molecule has 0 fully saturated rings. The maximum atomic E-state index is 13.4. The molecule has 0 radical (unpaired) electrons. The molecule has 0 spiro atoms. The van der Waals surface area contributed by atoms with Crippen LogP contribution in [-0.2, 0) is 11.3 Å². The zero-order chi connectivity index (χ0) is 38.4. The van der Waals surface area contributed by atoms with Gasteiger partial charge in [-0.3, -0.25) is 0 Å². The fourth-order valence-corrected chi connectivity index (χ4v) is 5.62. The van der Waals surface area contributed by atoms with Crippen LogP contribution in [0.3, 0.4) is 0 Å². The summed E-state index contributed by atoms with van der Waals surface area (Å²) in [5, 5.41) is 9.24. The monoisotopic (exact) mass is 733 g/mol. The molecular weight excluding hydrogens is 682 g/mol. The minimum absolute atomic E-state index is 0.0495. The number of rotatable bonds is 23. The molecule has 0 unspecified atom stereocenters. The van der Waals surface area contributed by atoms with Gasteiger partial charge in [0, 0.05) is 0 Å². The first kappa shape index (κ1) is 41.1. The van der Waals surface area contributed by atoms with Crippen molar-refractivity contribution in [3.8, 4) is 29.1 Å². The van der Waals surface area contributed by atoms with Gasteiger partial charge in [-0.25, -0.2) is 14.4 Å². The first-order valence-electron chi connectivity index (χ1n) is 19.1. The Balaban J connectivity index is 1.40. The van der Waals surface area contributed by atoms with Crippen LogP contribution in [-0.4, -0.2) is 31.1 Å². The number of nitrogens with zero attached hydrogens (tertiary/aromatic N) is 1. The second-order valence-electron chi connectivity index (χ2n) is 13.1. The van der Waals surface area contributed by atoms with Crippen LogP contribution >= 0.6 is 0 Å². The van der Waals surface area contributed by atoms with Gasteiger partial charge in [0.2, 0.25) is 0 Å². The molecule has 0 atom stereocenters. The van der Waals surface area contributed by atoms with Crippen LogP contribution in [0.15, 0.2) is 91.0 Å². The molecule has 0 N–H and O–H groups in total. The van der Waals surface area contributed by atoms with Gasteiger partial charge >= 0.3 is 17.9 Å². The molecule has 0 saturated carbocycles. The van der Waals surface area contributed by atoms with Crippen molar-refractivity contribution in [2.75, 3.05) is 13.2 Å². The molecule has 54 heavy (non-hydrogen) atoms. The predicted octanol–water partition coefficient (Wildman–Crippen LogP) is 10.8. The Bertz CT molecular complexity index is 1810. The second kappa shape index (κ2) is 23.1. The highest BCUT2D eigenvalue weighted by Gasteiger charge is 2.21. The third kappa shape index (κ3) is 14.1. The van der Waals surface area contributed by atoms with Crippen molar-refractivity contribution in [2.45, 2.75) is 97.5 Å². The summed E-state index contributed by atoms with van der Waals surface area (Å²) in [5.41, 5.74) is 1.44. The smallest absolute Gasteiger partial charge is 0.343 e. The van der Waals surface area contributed by atoms with Crippen molar-refractivity contribution in [3.05, 3.63) is 119 Å². The quantitative estimate of drug-likeness (QED) is 0.0416. The van der Waals surface area contributed by atoms with Gasteiger partial charge < -0.3 is 23.7 Å². The average molecular weight is 734 g/mol. The van der Waals surface area contributed by atoms with Crippen molar-refractivity contribution < 1.29 is 38.1 Å². The highest BCUT2D eigenvalue weighted by molar-refractivity contribution is 5.97. The first-order valence-corrected chi connectivity index (χ1v) is 19.1. The van der Waals surface area contributed by atoms with E-state index in [1.807, 2.05) is 0 Å². The SMILES string of the molecule is CCCCCCCCOc1ccc(C(=O)Oc2ccc(OC(=O)c3ccc(OCCCCCCCC)cc3)c(C(=O)OCc3cccc(C#N)c3)c2)cc1. The van der Waals surface area contributed by atoms with Gasteiger partial charge in [-0.1, -0.05) is 90.2 Å². The predicted molar refractivity (Wildman–Crippen MR) is 207 cm³/mol. The van der Waals surface area contributed by atoms with Crippen LogP contribution in [0.2, 0.25) is 0 Å². The molecule has 0 saturated heterocycles. The Kier molecular flexibility index (Phi) is 17.6. The van der Waals surface area contributed by atoms with E-state index in [9.17, 15) is 19.6 Å². The summed E-state index contributed by atoms with van der Waals surface area (Å²) in [5.74, 6) is -0.883. The van der Waals surface area contributed by atoms with Crippen LogP contribution in [0.1, 0.15) is 133 Å². The summed E-state index contributed by atoms with van der Waals surface area (Å²) in [6.07, 6.45) is 14.0. The van der Waals surface area contributed by atoms with Crippen molar-refractivity contribution in [3.63, 3.8) is 0 Å². The van der Waals surface area contributed by atoms with E-state index in [-0.39, 0.29) is 29.2 Å². The number of unbranched alkanes of at least 4 members (excludes halogenated alkanes) is 10. The molecule has 0 aromatic heterocycles. The third-order valence-corrected chi connectivity index (χ3v) is 8.72. The molecule has 284 valence electrons. The Morgan fingerprint density at radius 3 is 1.63 bits per heavy atom. The molecule has 4 aromatic rings. The number of hydrogen-bond donors (Lipinski definition) is 0. The van der Waals surface area contributed by atoms with Crippen molar-refractivity contribution in [1.29, 1.82) is 5.26 Å². The van der Waals surface area contributed by atoms with Crippen molar-refractivity contribution in [2.24, 2.45) is 0 Å². The largest absolute Gasteiger partial charge is 0.494 e. The number of carbonyl (C=O) groups is 3. The standard InChI is InChI=1S/C45H51NO8/c1-3-5-7-9-11-13-28-50-38-22-18-36(19-23-38)43(47)53-40-26-27-42(41(31-40)45(49)52-33-35-17-15-16-34(30-35)32-46)54-44(48)37-20-24-39(25-21-37)51-29-14-12-10-8-6-4-2/h15-27,30-31H,3-14,28-29,33H2,1-2H3. The summed E-state index contributed by atoms with van der Waals surface area (Å²) in [4.78, 5) is 39.7. The van der Waals surface area contributed by atoms with E-state index in [0.29, 0.717) is 41.4 Å². The van der Waals surface area contributed by atoms with Gasteiger partial charge in [-0.15, -0.1) is 0 Å². The normalized spacial score (nSPS) is 10.6. The molecule has 0 aliphatic rings. The van der Waals surface area contributed by atoms with E-state index in [1.54, 1.807) is 72.8 Å². The molecule has 9 nitrogen and oxygen atoms in total. The summed E-state index contributed by atoms with van der Waals surface area (Å²) >= 11 is 0. The van der Waals surface area contributed by atoms with Gasteiger partial charge in [-0.05, 0) is 97.3 Å². The highest BCUT2D eigenvalue weighted by atomic mass is 16.6. The molecule has 0 aliphatic carbocycles. The Labute approximate surface area is 319 Å².